The number of anilines is 3. The van der Waals surface area contributed by atoms with Crippen LogP contribution in [0.1, 0.15) is 0 Å². The van der Waals surface area contributed by atoms with Gasteiger partial charge >= 0.3 is 0 Å². The van der Waals surface area contributed by atoms with Crippen LogP contribution in [0.4, 0.5) is 17.3 Å². The average Bonchev–Trinajstić information content (AvgIpc) is 2.74. The van der Waals surface area contributed by atoms with Gasteiger partial charge in [-0.2, -0.15) is 0 Å². The van der Waals surface area contributed by atoms with E-state index in [1.165, 1.54) is 0 Å². The molecule has 0 unspecified atom stereocenters. The second-order valence-corrected chi connectivity index (χ2v) is 5.40. The van der Waals surface area contributed by atoms with Crippen molar-refractivity contribution in [2.24, 2.45) is 0 Å². The highest BCUT2D eigenvalue weighted by atomic mass is 79.9. The highest BCUT2D eigenvalue weighted by Gasteiger charge is 2.06. The van der Waals surface area contributed by atoms with Crippen molar-refractivity contribution in [3.8, 4) is 0 Å². The highest BCUT2D eigenvalue weighted by Crippen LogP contribution is 2.28. The lowest BCUT2D eigenvalue weighted by atomic mass is 10.3. The average molecular weight is 338 g/mol. The maximum Gasteiger partial charge on any atom is 0.205 e. The molecule has 1 aromatic heterocycles. The van der Waals surface area contributed by atoms with Gasteiger partial charge in [0.1, 0.15) is 0 Å². The minimum absolute atomic E-state index is 0.656. The third kappa shape index (κ3) is 2.52. The number of imidazole rings is 1. The van der Waals surface area contributed by atoms with Gasteiger partial charge in [0.15, 0.2) is 0 Å². The zero-order valence-electron chi connectivity index (χ0n) is 9.74. The molecule has 6 heteroatoms. The third-order valence-electron chi connectivity index (χ3n) is 2.69. The molecule has 3 rings (SSSR count). The second-order valence-electron chi connectivity index (χ2n) is 4.11. The summed E-state index contributed by atoms with van der Waals surface area (Å²) in [5, 5.41) is 3.87. The van der Waals surface area contributed by atoms with Gasteiger partial charge in [0.05, 0.1) is 16.7 Å². The van der Waals surface area contributed by atoms with Crippen LogP contribution in [-0.2, 0) is 0 Å². The van der Waals surface area contributed by atoms with Crippen molar-refractivity contribution in [3.63, 3.8) is 0 Å². The monoisotopic (exact) mass is 336 g/mol. The van der Waals surface area contributed by atoms with Gasteiger partial charge in [-0.3, -0.25) is 0 Å². The van der Waals surface area contributed by atoms with Crippen LogP contribution in [0.25, 0.3) is 11.0 Å². The van der Waals surface area contributed by atoms with E-state index in [-0.39, 0.29) is 0 Å². The number of H-pyrrole nitrogens is 1. The zero-order valence-corrected chi connectivity index (χ0v) is 12.1. The summed E-state index contributed by atoms with van der Waals surface area (Å²) in [5.74, 6) is 0.656. The van der Waals surface area contributed by atoms with Gasteiger partial charge in [-0.25, -0.2) is 4.98 Å². The van der Waals surface area contributed by atoms with E-state index in [0.717, 1.165) is 21.2 Å². The summed E-state index contributed by atoms with van der Waals surface area (Å²) < 4.78 is 0.875. The number of fused-ring (bicyclic) bond motifs is 1. The minimum Gasteiger partial charge on any atom is -0.399 e. The lowest BCUT2D eigenvalue weighted by molar-refractivity contribution is 1.31. The van der Waals surface area contributed by atoms with Gasteiger partial charge in [0.25, 0.3) is 0 Å². The van der Waals surface area contributed by atoms with Crippen molar-refractivity contribution in [1.29, 1.82) is 0 Å². The molecule has 96 valence electrons. The number of hydrogen-bond acceptors (Lipinski definition) is 3. The Morgan fingerprint density at radius 1 is 1.21 bits per heavy atom. The fourth-order valence-electron chi connectivity index (χ4n) is 1.80. The van der Waals surface area contributed by atoms with Crippen molar-refractivity contribution in [3.05, 3.63) is 45.9 Å². The molecule has 4 nitrogen and oxygen atoms in total. The van der Waals surface area contributed by atoms with E-state index < -0.39 is 0 Å². The molecular weight excluding hydrogens is 328 g/mol. The Kier molecular flexibility index (Phi) is 3.08. The van der Waals surface area contributed by atoms with E-state index in [1.807, 2.05) is 36.4 Å². The van der Waals surface area contributed by atoms with Crippen LogP contribution in [-0.4, -0.2) is 9.97 Å². The molecule has 0 radical (unpaired) electrons. The number of hydrogen-bond donors (Lipinski definition) is 3. The van der Waals surface area contributed by atoms with Crippen LogP contribution < -0.4 is 11.1 Å². The molecular formula is C13H10BrClN4. The molecule has 0 aliphatic heterocycles. The molecule has 0 amide bonds. The predicted octanol–water partition coefficient (Wildman–Crippen LogP) is 4.30. The van der Waals surface area contributed by atoms with Crippen molar-refractivity contribution in [2.75, 3.05) is 11.1 Å². The Labute approximate surface area is 123 Å². The zero-order chi connectivity index (χ0) is 13.4. The SMILES string of the molecule is Nc1ccc2nc(Nc3ccc(Cl)cc3Br)[nH]c2c1. The van der Waals surface area contributed by atoms with Gasteiger partial charge in [-0.1, -0.05) is 11.6 Å². The van der Waals surface area contributed by atoms with Crippen LogP contribution >= 0.6 is 27.5 Å². The number of nitrogen functional groups attached to an aromatic ring is 1. The van der Waals surface area contributed by atoms with Crippen molar-refractivity contribution in [1.82, 2.24) is 9.97 Å². The van der Waals surface area contributed by atoms with E-state index in [9.17, 15) is 0 Å². The first-order valence-corrected chi connectivity index (χ1v) is 6.76. The molecule has 0 saturated carbocycles. The van der Waals surface area contributed by atoms with E-state index in [1.54, 1.807) is 0 Å². The van der Waals surface area contributed by atoms with E-state index in [2.05, 4.69) is 31.2 Å². The van der Waals surface area contributed by atoms with E-state index >= 15 is 0 Å². The Bertz CT molecular complexity index is 753. The normalized spacial score (nSPS) is 10.8. The lowest BCUT2D eigenvalue weighted by Gasteiger charge is -2.05. The molecule has 19 heavy (non-hydrogen) atoms. The van der Waals surface area contributed by atoms with Crippen LogP contribution in [0.3, 0.4) is 0 Å². The summed E-state index contributed by atoms with van der Waals surface area (Å²) >= 11 is 9.36. The lowest BCUT2D eigenvalue weighted by Crippen LogP contribution is -1.92. The second kappa shape index (κ2) is 4.75. The molecule has 0 saturated heterocycles. The Hall–Kier alpha value is -1.72. The van der Waals surface area contributed by atoms with Gasteiger partial charge in [-0.15, -0.1) is 0 Å². The number of aromatic nitrogens is 2. The molecule has 0 bridgehead atoms. The van der Waals surface area contributed by atoms with Crippen LogP contribution in [0.5, 0.6) is 0 Å². The summed E-state index contributed by atoms with van der Waals surface area (Å²) in [6, 6.07) is 11.1. The summed E-state index contributed by atoms with van der Waals surface area (Å²) in [4.78, 5) is 7.61. The fraction of sp³-hybridized carbons (Fsp3) is 0. The summed E-state index contributed by atoms with van der Waals surface area (Å²) in [6.07, 6.45) is 0. The summed E-state index contributed by atoms with van der Waals surface area (Å²) in [6.45, 7) is 0. The highest BCUT2D eigenvalue weighted by molar-refractivity contribution is 9.10. The van der Waals surface area contributed by atoms with Gasteiger partial charge < -0.3 is 16.0 Å². The fourth-order valence-corrected chi connectivity index (χ4v) is 2.59. The number of nitrogens with two attached hydrogens (primary N) is 1. The van der Waals surface area contributed by atoms with Gasteiger partial charge in [0.2, 0.25) is 5.95 Å². The largest absolute Gasteiger partial charge is 0.399 e. The third-order valence-corrected chi connectivity index (χ3v) is 3.58. The van der Waals surface area contributed by atoms with E-state index in [4.69, 9.17) is 17.3 Å². The van der Waals surface area contributed by atoms with Gasteiger partial charge in [-0.05, 0) is 52.3 Å². The van der Waals surface area contributed by atoms with Crippen LogP contribution in [0.2, 0.25) is 5.02 Å². The molecule has 4 N–H and O–H groups in total. The molecule has 0 aliphatic rings. The minimum atomic E-state index is 0.656. The maximum absolute atomic E-state index is 5.91. The topological polar surface area (TPSA) is 66.7 Å². The first kappa shape index (κ1) is 12.3. The van der Waals surface area contributed by atoms with Crippen molar-refractivity contribution in [2.45, 2.75) is 0 Å². The molecule has 1 heterocycles. The molecule has 0 fully saturated rings. The molecule has 0 atom stereocenters. The van der Waals surface area contributed by atoms with Crippen molar-refractivity contribution < 1.29 is 0 Å². The maximum atomic E-state index is 5.91. The number of nitrogens with zero attached hydrogens (tertiary/aromatic N) is 1. The molecule has 2 aromatic carbocycles. The number of rotatable bonds is 2. The number of aromatic amines is 1. The first-order chi connectivity index (χ1) is 9.11. The van der Waals surface area contributed by atoms with Crippen LogP contribution in [0, 0.1) is 0 Å². The Morgan fingerprint density at radius 2 is 2.05 bits per heavy atom. The smallest absolute Gasteiger partial charge is 0.205 e. The molecule has 3 aromatic rings. The van der Waals surface area contributed by atoms with Crippen LogP contribution in [0.15, 0.2) is 40.9 Å². The summed E-state index contributed by atoms with van der Waals surface area (Å²) in [7, 11) is 0. The number of halogens is 2. The number of benzene rings is 2. The summed E-state index contributed by atoms with van der Waals surface area (Å²) in [5.41, 5.74) is 9.08. The Morgan fingerprint density at radius 3 is 2.84 bits per heavy atom. The molecule has 0 spiro atoms. The first-order valence-electron chi connectivity index (χ1n) is 5.59. The molecule has 0 aliphatic carbocycles. The standard InChI is InChI=1S/C13H10BrClN4/c14-9-5-7(15)1-3-10(9)17-13-18-11-4-2-8(16)6-12(11)19-13/h1-6H,16H2,(H2,17,18,19). The Balaban J connectivity index is 1.96. The number of nitrogens with one attached hydrogen (secondary N) is 2. The quantitative estimate of drug-likeness (QED) is 0.611. The van der Waals surface area contributed by atoms with Gasteiger partial charge in [0, 0.05) is 15.2 Å². The predicted molar refractivity (Wildman–Crippen MR) is 82.9 cm³/mol. The van der Waals surface area contributed by atoms with Crippen molar-refractivity contribution >= 4 is 55.9 Å². The van der Waals surface area contributed by atoms with E-state index in [0.29, 0.717) is 16.7 Å².